The summed E-state index contributed by atoms with van der Waals surface area (Å²) in [4.78, 5) is 10.3. The second kappa shape index (κ2) is 6.40. The van der Waals surface area contributed by atoms with Crippen molar-refractivity contribution in [1.82, 2.24) is 4.72 Å². The molecule has 0 saturated heterocycles. The fraction of sp³-hybridized carbons (Fsp3) is 0.538. The van der Waals surface area contributed by atoms with Crippen molar-refractivity contribution in [3.63, 3.8) is 0 Å². The lowest BCUT2D eigenvalue weighted by Crippen LogP contribution is -2.27. The van der Waals surface area contributed by atoms with Gasteiger partial charge in [-0.1, -0.05) is 19.3 Å². The molecule has 8 heteroatoms. The van der Waals surface area contributed by atoms with E-state index >= 15 is 0 Å². The lowest BCUT2D eigenvalue weighted by Gasteiger charge is -2.25. The number of nitrogens with one attached hydrogen (secondary N) is 2. The molecule has 0 spiro atoms. The van der Waals surface area contributed by atoms with Crippen LogP contribution in [0.5, 0.6) is 0 Å². The van der Waals surface area contributed by atoms with E-state index in [2.05, 4.69) is 10.0 Å². The van der Waals surface area contributed by atoms with Crippen LogP contribution in [-0.2, 0) is 10.0 Å². The van der Waals surface area contributed by atoms with Gasteiger partial charge in [0.05, 0.1) is 9.82 Å². The summed E-state index contributed by atoms with van der Waals surface area (Å²) >= 11 is 0. The van der Waals surface area contributed by atoms with E-state index in [0.717, 1.165) is 6.42 Å². The largest absolute Gasteiger partial charge is 0.383 e. The number of hydrogen-bond donors (Lipinski definition) is 2. The number of sulfonamides is 1. The number of nitro groups is 1. The smallest absolute Gasteiger partial charge is 0.292 e. The summed E-state index contributed by atoms with van der Waals surface area (Å²) in [7, 11) is -2.11. The molecule has 21 heavy (non-hydrogen) atoms. The fourth-order valence-corrected chi connectivity index (χ4v) is 3.38. The highest BCUT2D eigenvalue weighted by Gasteiger charge is 2.21. The Morgan fingerprint density at radius 2 is 2.10 bits per heavy atom. The maximum Gasteiger partial charge on any atom is 0.292 e. The van der Waals surface area contributed by atoms with Crippen molar-refractivity contribution >= 4 is 21.4 Å². The van der Waals surface area contributed by atoms with Crippen LogP contribution in [-0.4, -0.2) is 26.9 Å². The number of hydrogen-bond acceptors (Lipinski definition) is 5. The Morgan fingerprint density at radius 1 is 1.38 bits per heavy atom. The van der Waals surface area contributed by atoms with E-state index in [1.807, 2.05) is 0 Å². The Balaban J connectivity index is 2.09. The zero-order valence-corrected chi connectivity index (χ0v) is 12.6. The lowest BCUT2D eigenvalue weighted by molar-refractivity contribution is -0.384. The van der Waals surface area contributed by atoms with E-state index in [4.69, 9.17) is 0 Å². The van der Waals surface area contributed by atoms with Gasteiger partial charge in [0, 0.05) is 19.7 Å². The van der Waals surface area contributed by atoms with Gasteiger partial charge in [-0.3, -0.25) is 10.1 Å². The first kappa shape index (κ1) is 15.7. The van der Waals surface area contributed by atoms with Crippen LogP contribution in [0, 0.1) is 16.0 Å². The van der Waals surface area contributed by atoms with Gasteiger partial charge in [-0.25, -0.2) is 13.1 Å². The zero-order chi connectivity index (χ0) is 15.5. The third-order valence-corrected chi connectivity index (χ3v) is 5.27. The molecule has 1 aliphatic rings. The second-order valence-corrected chi connectivity index (χ2v) is 6.94. The highest BCUT2D eigenvalue weighted by molar-refractivity contribution is 7.89. The van der Waals surface area contributed by atoms with E-state index in [1.165, 1.54) is 44.5 Å². The number of benzene rings is 1. The maximum atomic E-state index is 12.2. The summed E-state index contributed by atoms with van der Waals surface area (Å²) in [5, 5.41) is 13.5. The molecule has 116 valence electrons. The molecule has 0 atom stereocenters. The minimum atomic E-state index is -3.63. The molecule has 0 aliphatic heterocycles. The Labute approximate surface area is 123 Å². The van der Waals surface area contributed by atoms with Crippen LogP contribution < -0.4 is 10.0 Å². The lowest BCUT2D eigenvalue weighted by atomic mass is 9.83. The minimum absolute atomic E-state index is 0.0334. The molecule has 1 fully saturated rings. The van der Waals surface area contributed by atoms with E-state index in [0.29, 0.717) is 12.5 Å². The highest BCUT2D eigenvalue weighted by Crippen LogP contribution is 2.29. The number of rotatable bonds is 7. The zero-order valence-electron chi connectivity index (χ0n) is 11.8. The van der Waals surface area contributed by atoms with Crippen LogP contribution >= 0.6 is 0 Å². The fourth-order valence-electron chi connectivity index (χ4n) is 2.30. The molecular weight excluding hydrogens is 294 g/mol. The van der Waals surface area contributed by atoms with E-state index in [1.54, 1.807) is 0 Å². The van der Waals surface area contributed by atoms with Gasteiger partial charge >= 0.3 is 0 Å². The first-order chi connectivity index (χ1) is 9.94. The van der Waals surface area contributed by atoms with Gasteiger partial charge in [-0.05, 0) is 24.5 Å². The van der Waals surface area contributed by atoms with Crippen LogP contribution in [0.4, 0.5) is 11.4 Å². The molecule has 1 aliphatic carbocycles. The quantitative estimate of drug-likeness (QED) is 0.593. The van der Waals surface area contributed by atoms with Crippen LogP contribution in [0.25, 0.3) is 0 Å². The summed E-state index contributed by atoms with van der Waals surface area (Å²) in [6, 6.07) is 3.74. The summed E-state index contributed by atoms with van der Waals surface area (Å²) in [5.41, 5.74) is 0.0350. The van der Waals surface area contributed by atoms with Gasteiger partial charge in [0.15, 0.2) is 0 Å². The summed E-state index contributed by atoms with van der Waals surface area (Å²) in [5.74, 6) is 0.623. The average Bonchev–Trinajstić information content (AvgIpc) is 2.40. The molecule has 2 rings (SSSR count). The second-order valence-electron chi connectivity index (χ2n) is 5.17. The molecule has 0 heterocycles. The van der Waals surface area contributed by atoms with Crippen molar-refractivity contribution in [2.45, 2.75) is 30.6 Å². The molecule has 0 aromatic heterocycles. The Kier molecular flexibility index (Phi) is 4.79. The molecule has 7 nitrogen and oxygen atoms in total. The maximum absolute atomic E-state index is 12.2. The standard InChI is InChI=1S/C13H19N3O4S/c1-14-12-9-11(5-6-13(12)16(17)18)21(19,20)15-8-7-10-3-2-4-10/h5-6,9-10,14-15H,2-4,7-8H2,1H3. The first-order valence-corrected chi connectivity index (χ1v) is 8.38. The predicted molar refractivity (Wildman–Crippen MR) is 79.8 cm³/mol. The molecule has 0 radical (unpaired) electrons. The van der Waals surface area contributed by atoms with Gasteiger partial charge in [-0.2, -0.15) is 0 Å². The molecule has 1 aromatic rings. The van der Waals surface area contributed by atoms with Crippen LogP contribution in [0.3, 0.4) is 0 Å². The van der Waals surface area contributed by atoms with Gasteiger partial charge in [0.2, 0.25) is 10.0 Å². The molecule has 0 amide bonds. The minimum Gasteiger partial charge on any atom is -0.383 e. The number of nitro benzene ring substituents is 1. The first-order valence-electron chi connectivity index (χ1n) is 6.90. The molecular formula is C13H19N3O4S. The van der Waals surface area contributed by atoms with Crippen LogP contribution in [0.15, 0.2) is 23.1 Å². The topological polar surface area (TPSA) is 101 Å². The summed E-state index contributed by atoms with van der Waals surface area (Å²) < 4.78 is 26.9. The number of anilines is 1. The van der Waals surface area contributed by atoms with Crippen molar-refractivity contribution in [3.8, 4) is 0 Å². The van der Waals surface area contributed by atoms with Gasteiger partial charge < -0.3 is 5.32 Å². The van der Waals surface area contributed by atoms with Crippen molar-refractivity contribution in [2.24, 2.45) is 5.92 Å². The molecule has 0 bridgehead atoms. The molecule has 1 aromatic carbocycles. The van der Waals surface area contributed by atoms with Gasteiger partial charge in [0.1, 0.15) is 5.69 Å². The molecule has 0 unspecified atom stereocenters. The van der Waals surface area contributed by atoms with Crippen LogP contribution in [0.1, 0.15) is 25.7 Å². The van der Waals surface area contributed by atoms with Crippen molar-refractivity contribution < 1.29 is 13.3 Å². The molecule has 1 saturated carbocycles. The van der Waals surface area contributed by atoms with Crippen LogP contribution in [0.2, 0.25) is 0 Å². The van der Waals surface area contributed by atoms with Crippen molar-refractivity contribution in [1.29, 1.82) is 0 Å². The third-order valence-electron chi connectivity index (χ3n) is 3.81. The van der Waals surface area contributed by atoms with Gasteiger partial charge in [0.25, 0.3) is 5.69 Å². The Hall–Kier alpha value is -1.67. The Bertz CT molecular complexity index is 626. The average molecular weight is 313 g/mol. The van der Waals surface area contributed by atoms with Crippen molar-refractivity contribution in [2.75, 3.05) is 18.9 Å². The van der Waals surface area contributed by atoms with Gasteiger partial charge in [-0.15, -0.1) is 0 Å². The highest BCUT2D eigenvalue weighted by atomic mass is 32.2. The Morgan fingerprint density at radius 3 is 2.62 bits per heavy atom. The van der Waals surface area contributed by atoms with Crippen molar-refractivity contribution in [3.05, 3.63) is 28.3 Å². The monoisotopic (exact) mass is 313 g/mol. The summed E-state index contributed by atoms with van der Waals surface area (Å²) in [6.45, 7) is 0.402. The SMILES string of the molecule is CNc1cc(S(=O)(=O)NCCC2CCC2)ccc1[N+](=O)[O-]. The summed E-state index contributed by atoms with van der Waals surface area (Å²) in [6.07, 6.45) is 4.41. The van der Waals surface area contributed by atoms with E-state index in [-0.39, 0.29) is 16.3 Å². The van der Waals surface area contributed by atoms with E-state index < -0.39 is 14.9 Å². The third kappa shape index (κ3) is 3.70. The normalized spacial score (nSPS) is 15.5. The molecule has 2 N–H and O–H groups in total. The van der Waals surface area contributed by atoms with E-state index in [9.17, 15) is 18.5 Å². The number of nitrogens with zero attached hydrogens (tertiary/aromatic N) is 1. The predicted octanol–water partition coefficient (Wildman–Crippen LogP) is 2.10.